The van der Waals surface area contributed by atoms with Crippen LogP contribution in [0, 0.1) is 0 Å². The first-order chi connectivity index (χ1) is 17.5. The van der Waals surface area contributed by atoms with Crippen molar-refractivity contribution in [2.45, 2.75) is 25.3 Å². The maximum atomic E-state index is 13.6. The van der Waals surface area contributed by atoms with Crippen LogP contribution in [-0.4, -0.2) is 68.7 Å². The summed E-state index contributed by atoms with van der Waals surface area (Å²) in [5, 5.41) is 7.23. The van der Waals surface area contributed by atoms with Gasteiger partial charge in [-0.3, -0.25) is 9.59 Å². The van der Waals surface area contributed by atoms with Crippen LogP contribution in [0.2, 0.25) is 5.02 Å². The lowest BCUT2D eigenvalue weighted by Gasteiger charge is -2.33. The highest BCUT2D eigenvalue weighted by molar-refractivity contribution is 6.31. The molecule has 1 saturated heterocycles. The zero-order chi connectivity index (χ0) is 25.7. The fraction of sp³-hybridized carbons (Fsp3) is 0.407. The number of nitrogens with zero attached hydrogens (tertiary/aromatic N) is 2. The van der Waals surface area contributed by atoms with E-state index in [1.807, 2.05) is 36.2 Å². The van der Waals surface area contributed by atoms with Crippen molar-refractivity contribution in [3.05, 3.63) is 58.7 Å². The lowest BCUT2D eigenvalue weighted by atomic mass is 9.88. The number of carbonyl (C=O) groups excluding carboxylic acids is 2. The molecule has 0 radical (unpaired) electrons. The van der Waals surface area contributed by atoms with Gasteiger partial charge in [0.15, 0.2) is 0 Å². The van der Waals surface area contributed by atoms with E-state index in [-0.39, 0.29) is 24.3 Å². The van der Waals surface area contributed by atoms with E-state index in [4.69, 9.17) is 21.1 Å². The maximum absolute atomic E-state index is 13.6. The molecule has 1 aliphatic heterocycles. The number of nitrogens with one attached hydrogen (secondary N) is 2. The summed E-state index contributed by atoms with van der Waals surface area (Å²) in [4.78, 5) is 28.0. The standard InChI is InChI=1S/C27H33ClN4O4/c1-29-11-12-30-25(33)17-32-16-21(20-8-7-19(28)15-22(20)32)27(34)31-13-9-18(10-14-31)26-23(35-2)5-4-6-24(26)36-3/h4-8,15-16,18,29H,9-14,17H2,1-3H3,(H,30,33). The van der Waals surface area contributed by atoms with Crippen LogP contribution in [0.15, 0.2) is 42.6 Å². The van der Waals surface area contributed by atoms with Gasteiger partial charge in [-0.1, -0.05) is 23.7 Å². The molecule has 2 amide bonds. The molecule has 2 N–H and O–H groups in total. The zero-order valence-electron chi connectivity index (χ0n) is 21.0. The summed E-state index contributed by atoms with van der Waals surface area (Å²) in [7, 11) is 5.17. The van der Waals surface area contributed by atoms with Crippen molar-refractivity contribution in [2.75, 3.05) is 47.4 Å². The number of likely N-dealkylation sites (N-methyl/N-ethyl adjacent to an activating group) is 1. The minimum atomic E-state index is -0.118. The number of halogens is 1. The molecule has 0 unspecified atom stereocenters. The Morgan fingerprint density at radius 3 is 2.39 bits per heavy atom. The van der Waals surface area contributed by atoms with E-state index in [1.165, 1.54) is 0 Å². The Bertz CT molecular complexity index is 1210. The van der Waals surface area contributed by atoms with Gasteiger partial charge in [-0.05, 0) is 50.1 Å². The normalized spacial score (nSPS) is 14.2. The quantitative estimate of drug-likeness (QED) is 0.427. The third-order valence-corrected chi connectivity index (χ3v) is 6.98. The molecule has 0 saturated carbocycles. The number of rotatable bonds is 9. The Morgan fingerprint density at radius 2 is 1.75 bits per heavy atom. The van der Waals surface area contributed by atoms with Crippen molar-refractivity contribution in [1.82, 2.24) is 20.1 Å². The van der Waals surface area contributed by atoms with E-state index in [0.29, 0.717) is 36.8 Å². The minimum Gasteiger partial charge on any atom is -0.496 e. The Hall–Kier alpha value is -3.23. The largest absolute Gasteiger partial charge is 0.496 e. The van der Waals surface area contributed by atoms with Gasteiger partial charge in [-0.2, -0.15) is 0 Å². The van der Waals surface area contributed by atoms with Gasteiger partial charge in [-0.15, -0.1) is 0 Å². The first-order valence-corrected chi connectivity index (χ1v) is 12.5. The lowest BCUT2D eigenvalue weighted by Crippen LogP contribution is -2.38. The third-order valence-electron chi connectivity index (χ3n) is 6.74. The van der Waals surface area contributed by atoms with Crippen LogP contribution >= 0.6 is 11.6 Å². The van der Waals surface area contributed by atoms with Gasteiger partial charge in [0, 0.05) is 48.3 Å². The summed E-state index contributed by atoms with van der Waals surface area (Å²) in [6.07, 6.45) is 3.39. The highest BCUT2D eigenvalue weighted by Gasteiger charge is 2.30. The molecule has 0 aliphatic carbocycles. The smallest absolute Gasteiger partial charge is 0.256 e. The van der Waals surface area contributed by atoms with Crippen LogP contribution in [0.1, 0.15) is 34.7 Å². The number of carbonyl (C=O) groups is 2. The van der Waals surface area contributed by atoms with E-state index in [1.54, 1.807) is 37.1 Å². The molecule has 1 aromatic heterocycles. The second-order valence-electron chi connectivity index (χ2n) is 8.93. The Labute approximate surface area is 216 Å². The lowest BCUT2D eigenvalue weighted by molar-refractivity contribution is -0.121. The molecule has 2 aromatic carbocycles. The Balaban J connectivity index is 1.52. The summed E-state index contributed by atoms with van der Waals surface area (Å²) >= 11 is 6.25. The predicted molar refractivity (Wildman–Crippen MR) is 141 cm³/mol. The van der Waals surface area contributed by atoms with Crippen LogP contribution in [0.25, 0.3) is 10.9 Å². The number of ether oxygens (including phenoxy) is 2. The SMILES string of the molecule is CNCCNC(=O)Cn1cc(C(=O)N2CCC(c3c(OC)cccc3OC)CC2)c2ccc(Cl)cc21. The summed E-state index contributed by atoms with van der Waals surface area (Å²) in [5.41, 5.74) is 2.41. The van der Waals surface area contributed by atoms with Crippen LogP contribution in [-0.2, 0) is 11.3 Å². The molecule has 9 heteroatoms. The fourth-order valence-electron chi connectivity index (χ4n) is 4.93. The molecule has 0 atom stereocenters. The maximum Gasteiger partial charge on any atom is 0.256 e. The zero-order valence-corrected chi connectivity index (χ0v) is 21.7. The molecule has 1 fully saturated rings. The number of hydrogen-bond acceptors (Lipinski definition) is 5. The molecule has 36 heavy (non-hydrogen) atoms. The summed E-state index contributed by atoms with van der Waals surface area (Å²) in [5.74, 6) is 1.70. The van der Waals surface area contributed by atoms with Crippen LogP contribution < -0.4 is 20.1 Å². The highest BCUT2D eigenvalue weighted by atomic mass is 35.5. The average Bonchev–Trinajstić information content (AvgIpc) is 3.25. The van der Waals surface area contributed by atoms with E-state index >= 15 is 0 Å². The average molecular weight is 513 g/mol. The summed E-state index contributed by atoms with van der Waals surface area (Å²) < 4.78 is 13.0. The molecule has 3 aromatic rings. The minimum absolute atomic E-state index is 0.0397. The van der Waals surface area contributed by atoms with Gasteiger partial charge in [0.1, 0.15) is 18.0 Å². The first kappa shape index (κ1) is 25.9. The Kier molecular flexibility index (Phi) is 8.38. The fourth-order valence-corrected chi connectivity index (χ4v) is 5.09. The number of amides is 2. The number of likely N-dealkylation sites (tertiary alicyclic amines) is 1. The van der Waals surface area contributed by atoms with Gasteiger partial charge in [-0.25, -0.2) is 0 Å². The van der Waals surface area contributed by atoms with Crippen molar-refractivity contribution in [3.8, 4) is 11.5 Å². The second kappa shape index (κ2) is 11.7. The molecule has 0 spiro atoms. The summed E-state index contributed by atoms with van der Waals surface area (Å²) in [6.45, 7) is 2.58. The number of methoxy groups -OCH3 is 2. The Morgan fingerprint density at radius 1 is 1.06 bits per heavy atom. The molecule has 4 rings (SSSR count). The summed E-state index contributed by atoms with van der Waals surface area (Å²) in [6, 6.07) is 11.2. The van der Waals surface area contributed by atoms with E-state index in [0.717, 1.165) is 40.8 Å². The van der Waals surface area contributed by atoms with E-state index < -0.39 is 0 Å². The van der Waals surface area contributed by atoms with Crippen molar-refractivity contribution < 1.29 is 19.1 Å². The van der Waals surface area contributed by atoms with Crippen molar-refractivity contribution in [2.24, 2.45) is 0 Å². The number of fused-ring (bicyclic) bond motifs is 1. The van der Waals surface area contributed by atoms with E-state index in [9.17, 15) is 9.59 Å². The van der Waals surface area contributed by atoms with Crippen molar-refractivity contribution in [3.63, 3.8) is 0 Å². The third kappa shape index (κ3) is 5.44. The molecule has 2 heterocycles. The van der Waals surface area contributed by atoms with Crippen molar-refractivity contribution in [1.29, 1.82) is 0 Å². The molecular formula is C27H33ClN4O4. The number of benzene rings is 2. The van der Waals surface area contributed by atoms with Crippen LogP contribution in [0.4, 0.5) is 0 Å². The van der Waals surface area contributed by atoms with Gasteiger partial charge >= 0.3 is 0 Å². The molecular weight excluding hydrogens is 480 g/mol. The molecule has 192 valence electrons. The molecule has 0 bridgehead atoms. The highest BCUT2D eigenvalue weighted by Crippen LogP contribution is 2.40. The topological polar surface area (TPSA) is 84.8 Å². The van der Waals surface area contributed by atoms with Crippen molar-refractivity contribution >= 4 is 34.3 Å². The van der Waals surface area contributed by atoms with Crippen LogP contribution in [0.3, 0.4) is 0 Å². The number of hydrogen-bond donors (Lipinski definition) is 2. The predicted octanol–water partition coefficient (Wildman–Crippen LogP) is 3.67. The molecule has 8 nitrogen and oxygen atoms in total. The van der Waals surface area contributed by atoms with Crippen LogP contribution in [0.5, 0.6) is 11.5 Å². The van der Waals surface area contributed by atoms with Gasteiger partial charge in [0.05, 0.1) is 25.3 Å². The second-order valence-corrected chi connectivity index (χ2v) is 9.36. The van der Waals surface area contributed by atoms with Gasteiger partial charge in [0.2, 0.25) is 5.91 Å². The first-order valence-electron chi connectivity index (χ1n) is 12.2. The van der Waals surface area contributed by atoms with Gasteiger partial charge in [0.25, 0.3) is 5.91 Å². The number of aromatic nitrogens is 1. The van der Waals surface area contributed by atoms with Gasteiger partial charge < -0.3 is 29.6 Å². The monoisotopic (exact) mass is 512 g/mol. The van der Waals surface area contributed by atoms with E-state index in [2.05, 4.69) is 10.6 Å². The number of piperidine rings is 1. The molecule has 1 aliphatic rings.